The Bertz CT molecular complexity index is 499. The number of nitrogens with zero attached hydrogens (tertiary/aromatic N) is 1. The SMILES string of the molecule is CC(=O)N1C(=O)CCC1C(=O)NCc1ccccc1. The molecule has 5 heteroatoms. The number of hydrogen-bond donors (Lipinski definition) is 1. The quantitative estimate of drug-likeness (QED) is 0.875. The fourth-order valence-corrected chi connectivity index (χ4v) is 2.23. The van der Waals surface area contributed by atoms with Gasteiger partial charge in [-0.1, -0.05) is 30.3 Å². The molecule has 3 amide bonds. The zero-order valence-electron chi connectivity index (χ0n) is 10.8. The van der Waals surface area contributed by atoms with Gasteiger partial charge in [-0.2, -0.15) is 0 Å². The van der Waals surface area contributed by atoms with E-state index in [9.17, 15) is 14.4 Å². The molecule has 1 saturated heterocycles. The van der Waals surface area contributed by atoms with Gasteiger partial charge in [0.2, 0.25) is 17.7 Å². The Morgan fingerprint density at radius 2 is 2.00 bits per heavy atom. The van der Waals surface area contributed by atoms with Gasteiger partial charge in [0, 0.05) is 19.9 Å². The van der Waals surface area contributed by atoms with Crippen LogP contribution in [0.15, 0.2) is 30.3 Å². The second-order valence-corrected chi connectivity index (χ2v) is 4.54. The van der Waals surface area contributed by atoms with Crippen LogP contribution in [0.2, 0.25) is 0 Å². The van der Waals surface area contributed by atoms with Crippen LogP contribution in [0.5, 0.6) is 0 Å². The van der Waals surface area contributed by atoms with Crippen molar-refractivity contribution in [2.45, 2.75) is 32.4 Å². The first-order chi connectivity index (χ1) is 9.09. The fraction of sp³-hybridized carbons (Fsp3) is 0.357. The lowest BCUT2D eigenvalue weighted by atomic mass is 10.2. The highest BCUT2D eigenvalue weighted by Crippen LogP contribution is 2.19. The lowest BCUT2D eigenvalue weighted by Gasteiger charge is -2.20. The summed E-state index contributed by atoms with van der Waals surface area (Å²) < 4.78 is 0. The molecule has 1 fully saturated rings. The molecular formula is C14H16N2O3. The number of nitrogens with one attached hydrogen (secondary N) is 1. The second kappa shape index (κ2) is 5.65. The number of amides is 3. The van der Waals surface area contributed by atoms with Gasteiger partial charge in [0.05, 0.1) is 0 Å². The highest BCUT2D eigenvalue weighted by molar-refractivity contribution is 6.02. The molecule has 0 aromatic heterocycles. The lowest BCUT2D eigenvalue weighted by Crippen LogP contribution is -2.46. The predicted octanol–water partition coefficient (Wildman–Crippen LogP) is 0.840. The Hall–Kier alpha value is -2.17. The van der Waals surface area contributed by atoms with Crippen molar-refractivity contribution in [3.8, 4) is 0 Å². The monoisotopic (exact) mass is 260 g/mol. The van der Waals surface area contributed by atoms with E-state index in [4.69, 9.17) is 0 Å². The molecule has 0 spiro atoms. The van der Waals surface area contributed by atoms with Crippen LogP contribution in [0, 0.1) is 0 Å². The number of likely N-dealkylation sites (tertiary alicyclic amines) is 1. The molecule has 1 N–H and O–H groups in total. The molecule has 19 heavy (non-hydrogen) atoms. The molecule has 0 aliphatic carbocycles. The van der Waals surface area contributed by atoms with Gasteiger partial charge in [0.1, 0.15) is 6.04 Å². The van der Waals surface area contributed by atoms with Crippen LogP contribution in [-0.2, 0) is 20.9 Å². The van der Waals surface area contributed by atoms with Gasteiger partial charge in [0.15, 0.2) is 0 Å². The van der Waals surface area contributed by atoms with Crippen molar-refractivity contribution in [2.75, 3.05) is 0 Å². The molecular weight excluding hydrogens is 244 g/mol. The highest BCUT2D eigenvalue weighted by Gasteiger charge is 2.38. The van der Waals surface area contributed by atoms with Crippen LogP contribution in [0.25, 0.3) is 0 Å². The molecule has 2 rings (SSSR count). The van der Waals surface area contributed by atoms with E-state index in [0.717, 1.165) is 10.5 Å². The summed E-state index contributed by atoms with van der Waals surface area (Å²) in [5.41, 5.74) is 0.981. The van der Waals surface area contributed by atoms with Crippen LogP contribution in [0.4, 0.5) is 0 Å². The van der Waals surface area contributed by atoms with Gasteiger partial charge in [-0.05, 0) is 12.0 Å². The average molecular weight is 260 g/mol. The van der Waals surface area contributed by atoms with E-state index in [1.54, 1.807) is 0 Å². The van der Waals surface area contributed by atoms with Gasteiger partial charge in [-0.25, -0.2) is 0 Å². The maximum Gasteiger partial charge on any atom is 0.243 e. The standard InChI is InChI=1S/C14H16N2O3/c1-10(17)16-12(7-8-13(16)18)14(19)15-9-11-5-3-2-4-6-11/h2-6,12H,7-9H2,1H3,(H,15,19). The molecule has 1 aliphatic rings. The minimum atomic E-state index is -0.659. The third-order valence-corrected chi connectivity index (χ3v) is 3.16. The minimum absolute atomic E-state index is 0.253. The molecule has 0 saturated carbocycles. The van der Waals surface area contributed by atoms with Crippen LogP contribution >= 0.6 is 0 Å². The third kappa shape index (κ3) is 2.99. The van der Waals surface area contributed by atoms with Crippen molar-refractivity contribution in [3.05, 3.63) is 35.9 Å². The Labute approximate surface area is 111 Å². The molecule has 0 radical (unpaired) electrons. The summed E-state index contributed by atoms with van der Waals surface area (Å²) in [5.74, 6) is -0.917. The van der Waals surface area contributed by atoms with Gasteiger partial charge < -0.3 is 5.32 Å². The van der Waals surface area contributed by atoms with Gasteiger partial charge in [-0.15, -0.1) is 0 Å². The maximum atomic E-state index is 12.0. The van der Waals surface area contributed by atoms with E-state index in [0.29, 0.717) is 13.0 Å². The molecule has 1 aromatic carbocycles. The first-order valence-corrected chi connectivity index (χ1v) is 6.24. The molecule has 0 bridgehead atoms. The van der Waals surface area contributed by atoms with Crippen molar-refractivity contribution in [1.29, 1.82) is 0 Å². The summed E-state index contributed by atoms with van der Waals surface area (Å²) in [6, 6.07) is 8.84. The molecule has 100 valence electrons. The number of hydrogen-bond acceptors (Lipinski definition) is 3. The predicted molar refractivity (Wildman–Crippen MR) is 68.8 cm³/mol. The second-order valence-electron chi connectivity index (χ2n) is 4.54. The van der Waals surface area contributed by atoms with Crippen molar-refractivity contribution >= 4 is 17.7 Å². The zero-order valence-corrected chi connectivity index (χ0v) is 10.8. The van der Waals surface area contributed by atoms with Crippen LogP contribution in [-0.4, -0.2) is 28.7 Å². The van der Waals surface area contributed by atoms with E-state index in [2.05, 4.69) is 5.32 Å². The van der Waals surface area contributed by atoms with Crippen molar-refractivity contribution in [3.63, 3.8) is 0 Å². The summed E-state index contributed by atoms with van der Waals surface area (Å²) in [7, 11) is 0. The number of rotatable bonds is 3. The molecule has 1 heterocycles. The molecule has 1 atom stereocenters. The van der Waals surface area contributed by atoms with Crippen molar-refractivity contribution in [1.82, 2.24) is 10.2 Å². The number of carbonyl (C=O) groups excluding carboxylic acids is 3. The number of carbonyl (C=O) groups is 3. The van der Waals surface area contributed by atoms with Gasteiger partial charge in [-0.3, -0.25) is 19.3 Å². The number of imide groups is 1. The first kappa shape index (κ1) is 13.3. The smallest absolute Gasteiger partial charge is 0.243 e. The van der Waals surface area contributed by atoms with E-state index < -0.39 is 6.04 Å². The van der Waals surface area contributed by atoms with Crippen LogP contribution in [0.1, 0.15) is 25.3 Å². The van der Waals surface area contributed by atoms with Crippen molar-refractivity contribution < 1.29 is 14.4 Å². The summed E-state index contributed by atoms with van der Waals surface area (Å²) in [6.07, 6.45) is 0.655. The van der Waals surface area contributed by atoms with E-state index in [-0.39, 0.29) is 24.1 Å². The maximum absolute atomic E-state index is 12.0. The summed E-state index contributed by atoms with van der Waals surface area (Å²) in [6.45, 7) is 1.71. The Balaban J connectivity index is 1.96. The van der Waals surface area contributed by atoms with E-state index in [1.165, 1.54) is 6.92 Å². The minimum Gasteiger partial charge on any atom is -0.350 e. The molecule has 1 aromatic rings. The Morgan fingerprint density at radius 3 is 2.63 bits per heavy atom. The van der Waals surface area contributed by atoms with E-state index >= 15 is 0 Å². The summed E-state index contributed by atoms with van der Waals surface area (Å²) in [5, 5.41) is 2.76. The molecule has 1 aliphatic heterocycles. The van der Waals surface area contributed by atoms with Crippen LogP contribution < -0.4 is 5.32 Å². The van der Waals surface area contributed by atoms with Crippen molar-refractivity contribution in [2.24, 2.45) is 0 Å². The zero-order chi connectivity index (χ0) is 13.8. The normalized spacial score (nSPS) is 18.5. The summed E-state index contributed by atoms with van der Waals surface area (Å²) in [4.78, 5) is 36.0. The average Bonchev–Trinajstić information content (AvgIpc) is 2.79. The Morgan fingerprint density at radius 1 is 1.32 bits per heavy atom. The van der Waals surface area contributed by atoms with E-state index in [1.807, 2.05) is 30.3 Å². The topological polar surface area (TPSA) is 66.5 Å². The largest absolute Gasteiger partial charge is 0.350 e. The molecule has 5 nitrogen and oxygen atoms in total. The Kier molecular flexibility index (Phi) is 3.94. The van der Waals surface area contributed by atoms with Crippen LogP contribution in [0.3, 0.4) is 0 Å². The number of benzene rings is 1. The summed E-state index contributed by atoms with van der Waals surface area (Å²) >= 11 is 0. The highest BCUT2D eigenvalue weighted by atomic mass is 16.2. The van der Waals surface area contributed by atoms with Gasteiger partial charge in [0.25, 0.3) is 0 Å². The third-order valence-electron chi connectivity index (χ3n) is 3.16. The van der Waals surface area contributed by atoms with Gasteiger partial charge >= 0.3 is 0 Å². The lowest BCUT2D eigenvalue weighted by molar-refractivity contribution is -0.146. The fourth-order valence-electron chi connectivity index (χ4n) is 2.23. The first-order valence-electron chi connectivity index (χ1n) is 6.24. The molecule has 1 unspecified atom stereocenters.